The number of para-hydroxylation sites is 1. The molecule has 1 aliphatic rings. The largest absolute Gasteiger partial charge is 0.322 e. The monoisotopic (exact) mass is 357 g/mol. The summed E-state index contributed by atoms with van der Waals surface area (Å²) in [6.45, 7) is 0. The Morgan fingerprint density at radius 3 is 2.22 bits per heavy atom. The molecule has 0 aliphatic carbocycles. The molecule has 1 heterocycles. The number of anilines is 1. The van der Waals surface area contributed by atoms with E-state index in [0.29, 0.717) is 17.0 Å². The van der Waals surface area contributed by atoms with Crippen molar-refractivity contribution in [3.8, 4) is 0 Å². The summed E-state index contributed by atoms with van der Waals surface area (Å²) in [7, 11) is 0. The van der Waals surface area contributed by atoms with Gasteiger partial charge in [-0.2, -0.15) is 0 Å². The summed E-state index contributed by atoms with van der Waals surface area (Å²) in [6.07, 6.45) is -1.03. The first-order chi connectivity index (χ1) is 13.2. The molecule has 3 aromatic carbocycles. The maximum absolute atomic E-state index is 12.7. The van der Waals surface area contributed by atoms with Gasteiger partial charge in [0.1, 0.15) is 0 Å². The van der Waals surface area contributed by atoms with Gasteiger partial charge in [-0.3, -0.25) is 9.59 Å². The first-order valence-electron chi connectivity index (χ1n) is 8.62. The zero-order chi connectivity index (χ0) is 18.6. The lowest BCUT2D eigenvalue weighted by atomic mass is 10.0. The van der Waals surface area contributed by atoms with Crippen molar-refractivity contribution in [1.82, 2.24) is 5.32 Å². The van der Waals surface area contributed by atoms with E-state index in [1.165, 1.54) is 0 Å². The lowest BCUT2D eigenvalue weighted by Crippen LogP contribution is -2.42. The summed E-state index contributed by atoms with van der Waals surface area (Å²) >= 11 is 0. The van der Waals surface area contributed by atoms with E-state index >= 15 is 0 Å². The molecule has 2 N–H and O–H groups in total. The summed E-state index contributed by atoms with van der Waals surface area (Å²) in [4.78, 5) is 29.8. The van der Waals surface area contributed by atoms with E-state index in [-0.39, 0.29) is 11.8 Å². The molecule has 3 aromatic rings. The molecule has 0 fully saturated rings. The van der Waals surface area contributed by atoms with Gasteiger partial charge in [0.2, 0.25) is 6.17 Å². The van der Waals surface area contributed by atoms with Crippen LogP contribution in [0.15, 0.2) is 89.9 Å². The standard InChI is InChI=1S/C22H17N3O2/c26-21(16-11-5-2-6-12-16)25-20-22(27)23-18-14-8-7-13-17(18)19(24-20)15-9-3-1-4-10-15/h1-14,20H,(H,23,27)(H,25,26)/i21+2. The van der Waals surface area contributed by atoms with E-state index in [1.54, 1.807) is 24.3 Å². The van der Waals surface area contributed by atoms with Gasteiger partial charge < -0.3 is 10.6 Å². The SMILES string of the molecule is O=C1Nc2ccccc2C(c2ccccc2)=NC1N[14C](=O)c1ccccc1. The van der Waals surface area contributed by atoms with Crippen LogP contribution in [0.2, 0.25) is 0 Å². The van der Waals surface area contributed by atoms with Gasteiger partial charge in [-0.05, 0) is 18.2 Å². The van der Waals surface area contributed by atoms with Crippen molar-refractivity contribution >= 4 is 23.2 Å². The Balaban J connectivity index is 1.74. The minimum Gasteiger partial charge on any atom is -0.322 e. The number of carbonyl (C=O) groups is 2. The summed E-state index contributed by atoms with van der Waals surface area (Å²) < 4.78 is 0. The highest BCUT2D eigenvalue weighted by Crippen LogP contribution is 2.23. The Kier molecular flexibility index (Phi) is 4.49. The number of benzene rings is 3. The van der Waals surface area contributed by atoms with Gasteiger partial charge in [0, 0.05) is 16.7 Å². The van der Waals surface area contributed by atoms with Crippen LogP contribution in [0.3, 0.4) is 0 Å². The number of carbonyl (C=O) groups excluding carboxylic acids is 2. The average Bonchev–Trinajstić information content (AvgIpc) is 2.86. The van der Waals surface area contributed by atoms with Crippen molar-refractivity contribution < 1.29 is 9.59 Å². The highest BCUT2D eigenvalue weighted by molar-refractivity contribution is 6.20. The van der Waals surface area contributed by atoms with Crippen LogP contribution < -0.4 is 10.6 Å². The molecule has 1 unspecified atom stereocenters. The number of aliphatic imine (C=N–C) groups is 1. The molecule has 1 atom stereocenters. The minimum absolute atomic E-state index is 0.349. The van der Waals surface area contributed by atoms with E-state index in [4.69, 9.17) is 0 Å². The van der Waals surface area contributed by atoms with Gasteiger partial charge in [-0.1, -0.05) is 66.7 Å². The predicted molar refractivity (Wildman–Crippen MR) is 105 cm³/mol. The number of rotatable bonds is 3. The molecular weight excluding hydrogens is 340 g/mol. The molecule has 5 nitrogen and oxygen atoms in total. The van der Waals surface area contributed by atoms with Crippen molar-refractivity contribution in [1.29, 1.82) is 0 Å². The van der Waals surface area contributed by atoms with Crippen LogP contribution in [0.4, 0.5) is 5.69 Å². The lowest BCUT2D eigenvalue weighted by molar-refractivity contribution is -0.117. The fourth-order valence-corrected chi connectivity index (χ4v) is 2.98. The van der Waals surface area contributed by atoms with Crippen LogP contribution >= 0.6 is 0 Å². The number of amides is 2. The molecule has 0 radical (unpaired) electrons. The molecule has 2 amide bonds. The van der Waals surface area contributed by atoms with E-state index in [2.05, 4.69) is 15.6 Å². The number of nitrogens with one attached hydrogen (secondary N) is 2. The first kappa shape index (κ1) is 16.7. The zero-order valence-corrected chi connectivity index (χ0v) is 14.4. The minimum atomic E-state index is -1.03. The molecule has 0 aromatic heterocycles. The summed E-state index contributed by atoms with van der Waals surface area (Å²) in [5, 5.41) is 5.58. The molecule has 0 bridgehead atoms. The third-order valence-electron chi connectivity index (χ3n) is 4.30. The molecule has 1 aliphatic heterocycles. The quantitative estimate of drug-likeness (QED) is 0.755. The number of benzodiazepines with no additional fused rings is 1. The number of hydrogen-bond donors (Lipinski definition) is 2. The third kappa shape index (κ3) is 3.48. The second-order valence-electron chi connectivity index (χ2n) is 6.12. The van der Waals surface area contributed by atoms with Gasteiger partial charge >= 0.3 is 0 Å². The van der Waals surface area contributed by atoms with E-state index in [9.17, 15) is 9.59 Å². The van der Waals surface area contributed by atoms with Gasteiger partial charge in [-0.15, -0.1) is 0 Å². The Hall–Kier alpha value is -3.73. The molecule has 132 valence electrons. The van der Waals surface area contributed by atoms with Crippen LogP contribution in [-0.2, 0) is 4.79 Å². The molecule has 4 rings (SSSR count). The second-order valence-corrected chi connectivity index (χ2v) is 6.12. The van der Waals surface area contributed by atoms with Gasteiger partial charge in [-0.25, -0.2) is 4.99 Å². The van der Waals surface area contributed by atoms with Gasteiger partial charge in [0.25, 0.3) is 11.8 Å². The average molecular weight is 357 g/mol. The Bertz CT molecular complexity index is 1010. The summed E-state index contributed by atoms with van der Waals surface area (Å²) in [5.41, 5.74) is 3.49. The van der Waals surface area contributed by atoms with Crippen molar-refractivity contribution in [2.24, 2.45) is 4.99 Å². The van der Waals surface area contributed by atoms with Gasteiger partial charge in [0.05, 0.1) is 11.4 Å². The Labute approximate surface area is 156 Å². The van der Waals surface area contributed by atoms with Crippen LogP contribution in [0.5, 0.6) is 0 Å². The normalized spacial score (nSPS) is 15.8. The number of hydrogen-bond acceptors (Lipinski definition) is 3. The van der Waals surface area contributed by atoms with Crippen molar-refractivity contribution in [3.63, 3.8) is 0 Å². The maximum Gasteiger partial charge on any atom is 0.269 e. The van der Waals surface area contributed by atoms with Gasteiger partial charge in [0.15, 0.2) is 0 Å². The molecule has 0 spiro atoms. The molecule has 0 saturated carbocycles. The molecule has 0 saturated heterocycles. The molecule has 27 heavy (non-hydrogen) atoms. The second kappa shape index (κ2) is 7.25. The fourth-order valence-electron chi connectivity index (χ4n) is 2.98. The molecular formula is C22H17N3O2. The van der Waals surface area contributed by atoms with Crippen LogP contribution in [0.25, 0.3) is 0 Å². The highest BCUT2D eigenvalue weighted by Gasteiger charge is 2.27. The van der Waals surface area contributed by atoms with E-state index in [1.807, 2.05) is 60.7 Å². The van der Waals surface area contributed by atoms with Crippen LogP contribution in [-0.4, -0.2) is 23.7 Å². The Morgan fingerprint density at radius 2 is 1.48 bits per heavy atom. The third-order valence-corrected chi connectivity index (χ3v) is 4.30. The highest BCUT2D eigenvalue weighted by atomic mass is 16.3. The Morgan fingerprint density at radius 1 is 0.852 bits per heavy atom. The number of fused-ring (bicyclic) bond motifs is 1. The van der Waals surface area contributed by atoms with Crippen LogP contribution in [0.1, 0.15) is 21.5 Å². The smallest absolute Gasteiger partial charge is 0.269 e. The van der Waals surface area contributed by atoms with E-state index in [0.717, 1.165) is 11.1 Å². The first-order valence-corrected chi connectivity index (χ1v) is 8.62. The predicted octanol–water partition coefficient (Wildman–Crippen LogP) is 3.23. The lowest BCUT2D eigenvalue weighted by Gasteiger charge is -2.13. The fraction of sp³-hybridized carbons (Fsp3) is 0.0455. The van der Waals surface area contributed by atoms with Crippen LogP contribution in [0, 0.1) is 0 Å². The maximum atomic E-state index is 12.7. The van der Waals surface area contributed by atoms with Crippen molar-refractivity contribution in [2.45, 2.75) is 6.17 Å². The molecule has 5 heteroatoms. The summed E-state index contributed by atoms with van der Waals surface area (Å²) in [6, 6.07) is 25.9. The summed E-state index contributed by atoms with van der Waals surface area (Å²) in [5.74, 6) is -0.726. The van der Waals surface area contributed by atoms with E-state index < -0.39 is 6.17 Å². The zero-order valence-electron chi connectivity index (χ0n) is 14.4. The van der Waals surface area contributed by atoms with Crippen molar-refractivity contribution in [3.05, 3.63) is 102 Å². The van der Waals surface area contributed by atoms with Crippen molar-refractivity contribution in [2.75, 3.05) is 5.32 Å². The number of nitrogens with zero attached hydrogens (tertiary/aromatic N) is 1. The topological polar surface area (TPSA) is 70.6 Å².